The van der Waals surface area contributed by atoms with Crippen molar-refractivity contribution in [3.05, 3.63) is 0 Å². The van der Waals surface area contributed by atoms with Gasteiger partial charge >= 0.3 is 0 Å². The molecule has 1 aromatic heterocycles. The molecule has 84 valence electrons. The molecule has 15 heavy (non-hydrogen) atoms. The standard InChI is InChI=1S/C7H14N6S2/c1-8-6(14)9-4-3-5-15-7-10-11-12-13(7)2/h3-5H2,1-2H3,(H2,8,9,14). The van der Waals surface area contributed by atoms with Crippen molar-refractivity contribution in [1.82, 2.24) is 30.8 Å². The lowest BCUT2D eigenvalue weighted by atomic mass is 10.5. The van der Waals surface area contributed by atoms with E-state index in [2.05, 4.69) is 26.2 Å². The summed E-state index contributed by atoms with van der Waals surface area (Å²) in [6.45, 7) is 0.859. The summed E-state index contributed by atoms with van der Waals surface area (Å²) in [6.07, 6.45) is 1.01. The highest BCUT2D eigenvalue weighted by Gasteiger charge is 2.01. The van der Waals surface area contributed by atoms with Crippen molar-refractivity contribution in [2.24, 2.45) is 7.05 Å². The molecule has 0 aliphatic rings. The Hall–Kier alpha value is -0.890. The molecule has 0 saturated carbocycles. The number of thiocarbonyl (C=S) groups is 1. The first-order valence-electron chi connectivity index (χ1n) is 4.54. The maximum atomic E-state index is 4.94. The van der Waals surface area contributed by atoms with Gasteiger partial charge in [-0.15, -0.1) is 5.10 Å². The molecular formula is C7H14N6S2. The van der Waals surface area contributed by atoms with Crippen molar-refractivity contribution in [3.63, 3.8) is 0 Å². The molecule has 0 fully saturated rings. The van der Waals surface area contributed by atoms with E-state index >= 15 is 0 Å². The Labute approximate surface area is 98.2 Å². The number of nitrogens with zero attached hydrogens (tertiary/aromatic N) is 4. The van der Waals surface area contributed by atoms with Crippen LogP contribution in [0.2, 0.25) is 0 Å². The number of tetrazole rings is 1. The smallest absolute Gasteiger partial charge is 0.209 e. The third-order valence-corrected chi connectivity index (χ3v) is 3.09. The molecule has 0 spiro atoms. The van der Waals surface area contributed by atoms with Crippen molar-refractivity contribution < 1.29 is 0 Å². The van der Waals surface area contributed by atoms with E-state index < -0.39 is 0 Å². The van der Waals surface area contributed by atoms with Gasteiger partial charge in [-0.1, -0.05) is 11.8 Å². The molecule has 0 radical (unpaired) electrons. The fourth-order valence-corrected chi connectivity index (χ4v) is 1.76. The Morgan fingerprint density at radius 1 is 1.60 bits per heavy atom. The van der Waals surface area contributed by atoms with Gasteiger partial charge in [0.15, 0.2) is 5.11 Å². The molecule has 0 atom stereocenters. The lowest BCUT2D eigenvalue weighted by Gasteiger charge is -2.05. The summed E-state index contributed by atoms with van der Waals surface area (Å²) < 4.78 is 1.66. The van der Waals surface area contributed by atoms with Gasteiger partial charge in [-0.05, 0) is 29.1 Å². The lowest BCUT2D eigenvalue weighted by molar-refractivity contribution is 0.664. The van der Waals surface area contributed by atoms with Gasteiger partial charge in [0.1, 0.15) is 0 Å². The summed E-state index contributed by atoms with van der Waals surface area (Å²) >= 11 is 6.58. The van der Waals surface area contributed by atoms with E-state index in [1.54, 1.807) is 23.5 Å². The van der Waals surface area contributed by atoms with Crippen molar-refractivity contribution >= 4 is 29.1 Å². The van der Waals surface area contributed by atoms with Gasteiger partial charge < -0.3 is 10.6 Å². The van der Waals surface area contributed by atoms with Crippen LogP contribution < -0.4 is 10.6 Å². The lowest BCUT2D eigenvalue weighted by Crippen LogP contribution is -2.33. The molecule has 0 amide bonds. The van der Waals surface area contributed by atoms with E-state index in [-0.39, 0.29) is 0 Å². The van der Waals surface area contributed by atoms with Crippen LogP contribution in [0.5, 0.6) is 0 Å². The molecule has 2 N–H and O–H groups in total. The molecule has 0 aliphatic carbocycles. The number of hydrogen-bond donors (Lipinski definition) is 2. The first kappa shape index (κ1) is 12.2. The van der Waals surface area contributed by atoms with E-state index in [9.17, 15) is 0 Å². The van der Waals surface area contributed by atoms with Crippen LogP contribution in [0.1, 0.15) is 6.42 Å². The normalized spacial score (nSPS) is 10.0. The molecule has 0 saturated heterocycles. The Bertz CT molecular complexity index is 312. The molecule has 1 heterocycles. The molecule has 1 aromatic rings. The van der Waals surface area contributed by atoms with Crippen LogP contribution in [-0.4, -0.2) is 44.7 Å². The van der Waals surface area contributed by atoms with Gasteiger partial charge in [0.05, 0.1) is 0 Å². The Morgan fingerprint density at radius 2 is 2.40 bits per heavy atom. The average molecular weight is 246 g/mol. The van der Waals surface area contributed by atoms with E-state index in [4.69, 9.17) is 12.2 Å². The second kappa shape index (κ2) is 6.57. The van der Waals surface area contributed by atoms with Crippen molar-refractivity contribution in [3.8, 4) is 0 Å². The van der Waals surface area contributed by atoms with E-state index in [0.717, 1.165) is 23.9 Å². The maximum absolute atomic E-state index is 4.94. The predicted octanol–water partition coefficient (Wildman–Crippen LogP) is -0.214. The number of aryl methyl sites for hydroxylation is 1. The topological polar surface area (TPSA) is 67.7 Å². The quantitative estimate of drug-likeness (QED) is 0.423. The van der Waals surface area contributed by atoms with Crippen molar-refractivity contribution in [2.75, 3.05) is 19.3 Å². The highest BCUT2D eigenvalue weighted by atomic mass is 32.2. The summed E-state index contributed by atoms with van der Waals surface area (Å²) in [4.78, 5) is 0. The zero-order valence-corrected chi connectivity index (χ0v) is 10.4. The molecule has 1 rings (SSSR count). The predicted molar refractivity (Wildman–Crippen MR) is 63.8 cm³/mol. The first-order chi connectivity index (χ1) is 7.24. The molecule has 0 aromatic carbocycles. The monoisotopic (exact) mass is 246 g/mol. The summed E-state index contributed by atoms with van der Waals surface area (Å²) in [5.74, 6) is 0.966. The molecule has 0 unspecified atom stereocenters. The van der Waals surface area contributed by atoms with Gasteiger partial charge in [0, 0.05) is 26.4 Å². The fraction of sp³-hybridized carbons (Fsp3) is 0.714. The van der Waals surface area contributed by atoms with Gasteiger partial charge in [0.2, 0.25) is 5.16 Å². The molecule has 6 nitrogen and oxygen atoms in total. The van der Waals surface area contributed by atoms with Crippen LogP contribution in [0.25, 0.3) is 0 Å². The average Bonchev–Trinajstić information content (AvgIpc) is 2.63. The molecular weight excluding hydrogens is 232 g/mol. The minimum Gasteiger partial charge on any atom is -0.366 e. The van der Waals surface area contributed by atoms with Crippen LogP contribution in [0.3, 0.4) is 0 Å². The summed E-state index contributed by atoms with van der Waals surface area (Å²) in [5, 5.41) is 18.6. The summed E-state index contributed by atoms with van der Waals surface area (Å²) in [6, 6.07) is 0. The van der Waals surface area contributed by atoms with Crippen LogP contribution >= 0.6 is 24.0 Å². The first-order valence-corrected chi connectivity index (χ1v) is 5.94. The van der Waals surface area contributed by atoms with Crippen LogP contribution in [0.15, 0.2) is 5.16 Å². The summed E-state index contributed by atoms with van der Waals surface area (Å²) in [7, 11) is 3.63. The Kier molecular flexibility index (Phi) is 5.33. The minimum atomic E-state index is 0.681. The third-order valence-electron chi connectivity index (χ3n) is 1.65. The number of nitrogens with one attached hydrogen (secondary N) is 2. The van der Waals surface area contributed by atoms with Gasteiger partial charge in [-0.2, -0.15) is 0 Å². The van der Waals surface area contributed by atoms with Crippen molar-refractivity contribution in [1.29, 1.82) is 0 Å². The maximum Gasteiger partial charge on any atom is 0.209 e. The molecule has 0 aliphatic heterocycles. The van der Waals surface area contributed by atoms with E-state index in [1.165, 1.54) is 0 Å². The van der Waals surface area contributed by atoms with Gasteiger partial charge in [-0.3, -0.25) is 0 Å². The zero-order chi connectivity index (χ0) is 11.1. The van der Waals surface area contributed by atoms with E-state index in [0.29, 0.717) is 5.11 Å². The van der Waals surface area contributed by atoms with Crippen LogP contribution in [0.4, 0.5) is 0 Å². The highest BCUT2D eigenvalue weighted by molar-refractivity contribution is 7.99. The zero-order valence-electron chi connectivity index (χ0n) is 8.73. The van der Waals surface area contributed by atoms with Gasteiger partial charge in [0.25, 0.3) is 0 Å². The number of thioether (sulfide) groups is 1. The number of rotatable bonds is 5. The second-order valence-electron chi connectivity index (χ2n) is 2.79. The summed E-state index contributed by atoms with van der Waals surface area (Å²) in [5.41, 5.74) is 0. The van der Waals surface area contributed by atoms with Gasteiger partial charge in [-0.25, -0.2) is 4.68 Å². The number of hydrogen-bond acceptors (Lipinski definition) is 5. The minimum absolute atomic E-state index is 0.681. The molecule has 0 bridgehead atoms. The highest BCUT2D eigenvalue weighted by Crippen LogP contribution is 2.12. The number of aromatic nitrogens is 4. The Morgan fingerprint density at radius 3 is 3.00 bits per heavy atom. The SMILES string of the molecule is CNC(=S)NCCCSc1nnnn1C. The third kappa shape index (κ3) is 4.43. The van der Waals surface area contributed by atoms with Crippen LogP contribution in [0, 0.1) is 0 Å². The van der Waals surface area contributed by atoms with Crippen LogP contribution in [-0.2, 0) is 7.05 Å². The van der Waals surface area contributed by atoms with Crippen molar-refractivity contribution in [2.45, 2.75) is 11.6 Å². The fourth-order valence-electron chi connectivity index (χ4n) is 0.869. The second-order valence-corrected chi connectivity index (χ2v) is 4.26. The largest absolute Gasteiger partial charge is 0.366 e. The molecule has 8 heteroatoms. The Balaban J connectivity index is 2.07. The van der Waals surface area contributed by atoms with E-state index in [1.807, 2.05) is 7.05 Å².